The van der Waals surface area contributed by atoms with Crippen LogP contribution >= 0.6 is 12.4 Å². The number of rotatable bonds is 0. The lowest BCUT2D eigenvalue weighted by Crippen LogP contribution is -2.64. The summed E-state index contributed by atoms with van der Waals surface area (Å²) in [5, 5.41) is 22.1. The Morgan fingerprint density at radius 3 is 2.40 bits per heavy atom. The molecule has 0 saturated heterocycles. The minimum absolute atomic E-state index is 0. The Bertz CT molecular complexity index is 552. The molecule has 3 nitrogen and oxygen atoms in total. The van der Waals surface area contributed by atoms with E-state index < -0.39 is 12.2 Å². The minimum atomic E-state index is -0.598. The number of aliphatic hydroxyl groups is 2. The van der Waals surface area contributed by atoms with Crippen LogP contribution in [0.3, 0.4) is 0 Å². The van der Waals surface area contributed by atoms with Gasteiger partial charge >= 0.3 is 0 Å². The molecule has 0 amide bonds. The van der Waals surface area contributed by atoms with Gasteiger partial charge in [-0.1, -0.05) is 25.5 Å². The fraction of sp³-hybridized carbons (Fsp3) is 0.905. The Kier molecular flexibility index (Phi) is 5.12. The summed E-state index contributed by atoms with van der Waals surface area (Å²) >= 11 is 0. The molecule has 9 atom stereocenters. The van der Waals surface area contributed by atoms with Gasteiger partial charge in [0.25, 0.3) is 0 Å². The van der Waals surface area contributed by atoms with Gasteiger partial charge in [-0.25, -0.2) is 0 Å². The van der Waals surface area contributed by atoms with Crippen molar-refractivity contribution >= 4 is 12.4 Å². The molecule has 0 spiro atoms. The molecule has 0 aromatic heterocycles. The molecule has 4 aliphatic carbocycles. The summed E-state index contributed by atoms with van der Waals surface area (Å²) in [5.41, 5.74) is 8.20. The fourth-order valence-corrected chi connectivity index (χ4v) is 7.61. The molecule has 0 aromatic rings. The molecule has 0 radical (unpaired) electrons. The molecule has 4 rings (SSSR count). The van der Waals surface area contributed by atoms with Gasteiger partial charge in [0.05, 0.1) is 12.2 Å². The van der Waals surface area contributed by atoms with Crippen LogP contribution in [0.15, 0.2) is 11.6 Å². The number of aliphatic hydroxyl groups excluding tert-OH is 2. The van der Waals surface area contributed by atoms with Crippen LogP contribution in [0.2, 0.25) is 0 Å². The topological polar surface area (TPSA) is 66.5 Å². The zero-order valence-corrected chi connectivity index (χ0v) is 16.8. The minimum Gasteiger partial charge on any atom is -0.390 e. The molecule has 4 aliphatic rings. The van der Waals surface area contributed by atoms with E-state index in [9.17, 15) is 10.2 Å². The first kappa shape index (κ1) is 19.7. The van der Waals surface area contributed by atoms with Crippen molar-refractivity contribution in [3.8, 4) is 0 Å². The summed E-state index contributed by atoms with van der Waals surface area (Å²) in [5.74, 6) is 1.50. The second kappa shape index (κ2) is 6.51. The van der Waals surface area contributed by atoms with Crippen LogP contribution in [0.5, 0.6) is 0 Å². The molecule has 4 fully saturated rings. The van der Waals surface area contributed by atoms with E-state index in [1.165, 1.54) is 25.7 Å². The Morgan fingerprint density at radius 2 is 1.72 bits per heavy atom. The average Bonchev–Trinajstić information content (AvgIpc) is 2.90. The smallest absolute Gasteiger partial charge is 0.0836 e. The number of hydrogen-bond acceptors (Lipinski definition) is 3. The van der Waals surface area contributed by atoms with Crippen molar-refractivity contribution in [3.05, 3.63) is 11.6 Å². The number of hydrogen-bond donors (Lipinski definition) is 3. The molecule has 0 bridgehead atoms. The highest BCUT2D eigenvalue weighted by Gasteiger charge is 2.63. The summed E-state index contributed by atoms with van der Waals surface area (Å²) in [6, 6.07) is 0.191. The van der Waals surface area contributed by atoms with E-state index in [4.69, 9.17) is 5.73 Å². The van der Waals surface area contributed by atoms with Crippen molar-refractivity contribution in [1.29, 1.82) is 0 Å². The number of nitrogens with two attached hydrogens (primary N) is 1. The maximum absolute atomic E-state index is 11.1. The van der Waals surface area contributed by atoms with Crippen LogP contribution in [0, 0.1) is 34.5 Å². The van der Waals surface area contributed by atoms with Crippen LogP contribution < -0.4 is 5.73 Å². The van der Waals surface area contributed by atoms with E-state index in [2.05, 4.69) is 26.8 Å². The molecule has 4 heteroatoms. The molecule has 0 aromatic carbocycles. The Morgan fingerprint density at radius 1 is 1.00 bits per heavy atom. The van der Waals surface area contributed by atoms with Gasteiger partial charge in [-0.3, -0.25) is 0 Å². The summed E-state index contributed by atoms with van der Waals surface area (Å²) < 4.78 is 0. The first-order valence-electron chi connectivity index (χ1n) is 10.1. The quantitative estimate of drug-likeness (QED) is 0.571. The summed E-state index contributed by atoms with van der Waals surface area (Å²) in [4.78, 5) is 0. The van der Waals surface area contributed by atoms with E-state index in [0.717, 1.165) is 19.3 Å². The Hall–Kier alpha value is -0.0900. The van der Waals surface area contributed by atoms with Gasteiger partial charge in [0.1, 0.15) is 0 Å². The highest BCUT2D eigenvalue weighted by atomic mass is 35.5. The van der Waals surface area contributed by atoms with E-state index >= 15 is 0 Å². The van der Waals surface area contributed by atoms with E-state index in [1.54, 1.807) is 5.57 Å². The van der Waals surface area contributed by atoms with Crippen LogP contribution in [-0.4, -0.2) is 28.5 Å². The molecular weight excluding hydrogens is 334 g/mol. The fourth-order valence-electron chi connectivity index (χ4n) is 7.61. The van der Waals surface area contributed by atoms with Crippen molar-refractivity contribution in [2.75, 3.05) is 0 Å². The summed E-state index contributed by atoms with van der Waals surface area (Å²) in [7, 11) is 0. The number of fused-ring (bicyclic) bond motifs is 5. The SMILES string of the molecule is C/C=C1\CCC2C3C(CC[C@]12C)[C@@]1(C)CC[C@H](N)CC1[C@@H](O)[C@@H]3O.Cl. The molecule has 4 N–H and O–H groups in total. The van der Waals surface area contributed by atoms with Gasteiger partial charge < -0.3 is 15.9 Å². The number of allylic oxidation sites excluding steroid dienone is 2. The predicted octanol–water partition coefficient (Wildman–Crippen LogP) is 3.67. The highest BCUT2D eigenvalue weighted by Crippen LogP contribution is 2.67. The van der Waals surface area contributed by atoms with Crippen LogP contribution in [0.25, 0.3) is 0 Å². The summed E-state index contributed by atoms with van der Waals surface area (Å²) in [6.07, 6.45) is 9.01. The lowest BCUT2D eigenvalue weighted by Gasteiger charge is -2.63. The zero-order valence-electron chi connectivity index (χ0n) is 15.9. The van der Waals surface area contributed by atoms with E-state index in [-0.39, 0.29) is 41.1 Å². The molecular formula is C21H36ClNO2. The average molecular weight is 370 g/mol. The largest absolute Gasteiger partial charge is 0.390 e. The lowest BCUT2D eigenvalue weighted by atomic mass is 9.43. The van der Waals surface area contributed by atoms with E-state index in [1.807, 2.05) is 0 Å². The molecule has 144 valence electrons. The van der Waals surface area contributed by atoms with E-state index in [0.29, 0.717) is 11.8 Å². The van der Waals surface area contributed by atoms with Crippen LogP contribution in [-0.2, 0) is 0 Å². The third-order valence-corrected chi connectivity index (χ3v) is 8.99. The second-order valence-corrected chi connectivity index (χ2v) is 9.73. The highest BCUT2D eigenvalue weighted by molar-refractivity contribution is 5.85. The van der Waals surface area contributed by atoms with Crippen molar-refractivity contribution < 1.29 is 10.2 Å². The van der Waals surface area contributed by atoms with Crippen molar-refractivity contribution in [2.24, 2.45) is 40.2 Å². The first-order chi connectivity index (χ1) is 11.3. The van der Waals surface area contributed by atoms with Crippen LogP contribution in [0.4, 0.5) is 0 Å². The van der Waals surface area contributed by atoms with Gasteiger partial charge in [0, 0.05) is 6.04 Å². The van der Waals surface area contributed by atoms with Crippen LogP contribution in [0.1, 0.15) is 65.7 Å². The standard InChI is InChI=1S/C21H35NO2.ClH/c1-4-12-5-6-14-17-15(8-10-20(12,14)2)21(3)9-7-13(22)11-16(21)18(23)19(17)24;/h4,13-19,23-24H,5-11,22H2,1-3H3;1H/b12-4+;/t13-,14?,15?,16?,17?,18+,19+,20+,21+;/m0./s1. The summed E-state index contributed by atoms with van der Waals surface area (Å²) in [6.45, 7) is 6.98. The first-order valence-corrected chi connectivity index (χ1v) is 10.1. The van der Waals surface area contributed by atoms with Gasteiger partial charge in [-0.2, -0.15) is 0 Å². The van der Waals surface area contributed by atoms with Crippen molar-refractivity contribution in [3.63, 3.8) is 0 Å². The Balaban J connectivity index is 0.00000182. The van der Waals surface area contributed by atoms with Gasteiger partial charge in [0.2, 0.25) is 0 Å². The normalized spacial score (nSPS) is 56.6. The van der Waals surface area contributed by atoms with Gasteiger partial charge in [-0.05, 0) is 86.4 Å². The third kappa shape index (κ3) is 2.56. The maximum Gasteiger partial charge on any atom is 0.0836 e. The monoisotopic (exact) mass is 369 g/mol. The zero-order chi connectivity index (χ0) is 17.3. The predicted molar refractivity (Wildman–Crippen MR) is 103 cm³/mol. The number of halogens is 1. The third-order valence-electron chi connectivity index (χ3n) is 8.99. The maximum atomic E-state index is 11.1. The lowest BCUT2D eigenvalue weighted by molar-refractivity contribution is -0.210. The molecule has 4 unspecified atom stereocenters. The molecule has 0 heterocycles. The Labute approximate surface area is 158 Å². The molecule has 0 aliphatic heterocycles. The molecule has 25 heavy (non-hydrogen) atoms. The van der Waals surface area contributed by atoms with Gasteiger partial charge in [-0.15, -0.1) is 12.4 Å². The van der Waals surface area contributed by atoms with Crippen molar-refractivity contribution in [1.82, 2.24) is 0 Å². The second-order valence-electron chi connectivity index (χ2n) is 9.73. The van der Waals surface area contributed by atoms with Gasteiger partial charge in [0.15, 0.2) is 0 Å². The molecule has 4 saturated carbocycles. The van der Waals surface area contributed by atoms with Crippen molar-refractivity contribution in [2.45, 2.75) is 84.0 Å².